The minimum Gasteiger partial charge on any atom is -1.00 e. The number of hydrogen-bond acceptors (Lipinski definition) is 6. The molecule has 0 atom stereocenters. The third kappa shape index (κ3) is 255. The molecule has 0 amide bonds. The first-order chi connectivity index (χ1) is 4.27. The number of hydrogen-bond donors (Lipinski definition) is 6. The van der Waals surface area contributed by atoms with E-state index in [1.54, 1.807) is 0 Å². The third-order valence-corrected chi connectivity index (χ3v) is 0.175. The van der Waals surface area contributed by atoms with Gasteiger partial charge in [-0.05, 0) is 0 Å². The molecule has 0 aromatic heterocycles. The van der Waals surface area contributed by atoms with Gasteiger partial charge in [0.25, 0.3) is 0 Å². The number of aliphatic carboxylic acids is 1. The van der Waals surface area contributed by atoms with Gasteiger partial charge in [0.2, 0.25) is 0 Å². The molecule has 0 saturated carbocycles. The Balaban J connectivity index is -0.00000000762. The number of carboxylic acids is 1. The Hall–Kier alpha value is 1.24. The fourth-order valence-corrected chi connectivity index (χ4v) is 0. The summed E-state index contributed by atoms with van der Waals surface area (Å²) in [4.78, 5) is 38.5. The van der Waals surface area contributed by atoms with E-state index < -0.39 is 15.0 Å². The molecule has 0 fully saturated rings. The summed E-state index contributed by atoms with van der Waals surface area (Å²) >= 11 is 0. The van der Waals surface area contributed by atoms with E-state index in [1.807, 2.05) is 0 Å². The quantitative estimate of drug-likeness (QED) is 0.257. The molecule has 92 valence electrons. The zero-order valence-corrected chi connectivity index (χ0v) is 11.2. The van der Waals surface area contributed by atoms with Crippen LogP contribution in [0.15, 0.2) is 0 Å². The van der Waals surface area contributed by atoms with Crippen LogP contribution in [0.1, 0.15) is 2.85 Å². The van der Waals surface area contributed by atoms with E-state index in [9.17, 15) is 4.79 Å². The van der Waals surface area contributed by atoms with Crippen molar-refractivity contribution in [2.24, 2.45) is 5.73 Å². The molecule has 0 bridgehead atoms. The first kappa shape index (κ1) is 44.2. The molecule has 0 unspecified atom stereocenters. The second-order valence-electron chi connectivity index (χ2n) is 1.20. The Morgan fingerprint density at radius 3 is 1.27 bits per heavy atom. The van der Waals surface area contributed by atoms with Crippen LogP contribution in [0, 0.1) is 0 Å². The number of carbonyl (C=O) groups is 1. The molecule has 0 heterocycles. The average molecular weight is 292 g/mol. The Labute approximate surface area is 127 Å². The molecular weight excluding hydrogens is 272 g/mol. The van der Waals surface area contributed by atoms with Gasteiger partial charge >= 0.3 is 38.1 Å². The van der Waals surface area contributed by atoms with Crippen LogP contribution >= 0.6 is 0 Å². The van der Waals surface area contributed by atoms with Crippen LogP contribution < -0.4 is 5.73 Å². The summed E-state index contributed by atoms with van der Waals surface area (Å²) in [5.41, 5.74) is 4.57. The molecule has 0 saturated heterocycles. The SMILES string of the molecule is NCC(=O)O.O.O.O[Si](O)(O)O.[AlH3].[AlH].[H-].[H-].[Mg+2]. The van der Waals surface area contributed by atoms with Gasteiger partial charge < -0.3 is 43.8 Å². The van der Waals surface area contributed by atoms with E-state index in [-0.39, 0.29) is 78.1 Å². The van der Waals surface area contributed by atoms with Crippen molar-refractivity contribution >= 4 is 72.8 Å². The summed E-state index contributed by atoms with van der Waals surface area (Å²) in [6.07, 6.45) is 0. The first-order valence-corrected chi connectivity index (χ1v) is 3.87. The largest absolute Gasteiger partial charge is 2.00 e. The maximum atomic E-state index is 9.24. The van der Waals surface area contributed by atoms with Crippen molar-refractivity contribution in [3.63, 3.8) is 0 Å². The minimum atomic E-state index is -4.61. The molecule has 0 rings (SSSR count). The van der Waals surface area contributed by atoms with Gasteiger partial charge in [0.15, 0.2) is 17.4 Å². The van der Waals surface area contributed by atoms with Crippen molar-refractivity contribution in [1.29, 1.82) is 0 Å². The summed E-state index contributed by atoms with van der Waals surface area (Å²) in [5.74, 6) is -0.968. The molecule has 11 N–H and O–H groups in total. The molecule has 0 aromatic rings. The van der Waals surface area contributed by atoms with Crippen LogP contribution in [0.3, 0.4) is 0 Å². The molecule has 13 heteroatoms. The van der Waals surface area contributed by atoms with Gasteiger partial charge in [0.05, 0.1) is 23.9 Å². The molecule has 0 spiro atoms. The average Bonchev–Trinajstić information content (AvgIpc) is 1.61. The fraction of sp³-hybridized carbons (Fsp3) is 0.500. The number of nitrogens with two attached hydrogens (primary N) is 1. The van der Waals surface area contributed by atoms with Crippen LogP contribution in [-0.4, -0.2) is 115 Å². The van der Waals surface area contributed by atoms with E-state index in [2.05, 4.69) is 5.73 Å². The van der Waals surface area contributed by atoms with Crippen molar-refractivity contribution < 1.29 is 42.9 Å². The maximum absolute atomic E-state index is 9.24. The first-order valence-electron chi connectivity index (χ1n) is 2.08. The van der Waals surface area contributed by atoms with Crippen LogP contribution in [0.5, 0.6) is 0 Å². The smallest absolute Gasteiger partial charge is 1.00 e. The maximum Gasteiger partial charge on any atom is 2.00 e. The van der Waals surface area contributed by atoms with Crippen molar-refractivity contribution in [2.75, 3.05) is 6.54 Å². The van der Waals surface area contributed by atoms with Crippen LogP contribution in [0.25, 0.3) is 0 Å². The summed E-state index contributed by atoms with van der Waals surface area (Å²) in [6, 6.07) is 0. The number of carboxylic acid groups (broad SMARTS) is 1. The summed E-state index contributed by atoms with van der Waals surface area (Å²) in [6.45, 7) is -0.278. The van der Waals surface area contributed by atoms with Gasteiger partial charge in [-0.15, -0.1) is 0 Å². The molecule has 0 aliphatic carbocycles. The van der Waals surface area contributed by atoms with E-state index in [0.717, 1.165) is 0 Å². The van der Waals surface area contributed by atoms with Crippen molar-refractivity contribution in [1.82, 2.24) is 0 Å². The summed E-state index contributed by atoms with van der Waals surface area (Å²) < 4.78 is 0. The Morgan fingerprint density at radius 1 is 1.20 bits per heavy atom. The van der Waals surface area contributed by atoms with E-state index in [0.29, 0.717) is 0 Å². The molecule has 0 aliphatic rings. The third-order valence-electron chi connectivity index (χ3n) is 0.175. The normalized spacial score (nSPS) is 6.47. The summed E-state index contributed by atoms with van der Waals surface area (Å²) in [7, 11) is -4.61. The Kier molecular flexibility index (Phi) is 72.0. The predicted octanol–water partition coefficient (Wildman–Crippen LogP) is -7.22. The van der Waals surface area contributed by atoms with Crippen LogP contribution in [0.4, 0.5) is 0 Å². The van der Waals surface area contributed by atoms with E-state index in [4.69, 9.17) is 24.3 Å². The molecule has 0 aliphatic heterocycles. The second-order valence-corrected chi connectivity index (χ2v) is 2.40. The molecule has 15 heavy (non-hydrogen) atoms. The molecule has 9 nitrogen and oxygen atoms in total. The molecule has 0 aromatic carbocycles. The Morgan fingerprint density at radius 2 is 1.27 bits per heavy atom. The Bertz CT molecular complexity index is 116. The fourth-order valence-electron chi connectivity index (χ4n) is 0. The van der Waals surface area contributed by atoms with Gasteiger partial charge in [-0.1, -0.05) is 0 Å². The topological polar surface area (TPSA) is 207 Å². The zero-order chi connectivity index (χ0) is 8.78. The van der Waals surface area contributed by atoms with Crippen molar-refractivity contribution in [3.05, 3.63) is 0 Å². The van der Waals surface area contributed by atoms with E-state index in [1.165, 1.54) is 0 Å². The summed E-state index contributed by atoms with van der Waals surface area (Å²) in [5, 5.41) is 7.60. The van der Waals surface area contributed by atoms with Gasteiger partial charge in [-0.2, -0.15) is 0 Å². The monoisotopic (exact) mass is 291 g/mol. The zero-order valence-electron chi connectivity index (χ0n) is 9.34. The number of rotatable bonds is 1. The standard InChI is InChI=1S/C2H5NO2.2Al.Mg.H4O4Si.2H2O.6H/c3-1-2(4)5;;;;1-5(2,3)4;;;;;;;;/h1,3H2,(H,4,5);;;;1-4H;2*1H2;;;;;;/q;;;+2;;;;;;;;2*-1. The molecular formula is C2H19Al2MgNO8Si. The van der Waals surface area contributed by atoms with Crippen LogP contribution in [-0.2, 0) is 4.79 Å². The predicted molar refractivity (Wildman–Crippen MR) is 63.6 cm³/mol. The van der Waals surface area contributed by atoms with Gasteiger partial charge in [0, 0.05) is 0 Å². The van der Waals surface area contributed by atoms with E-state index >= 15 is 0 Å². The van der Waals surface area contributed by atoms with Gasteiger partial charge in [-0.25, -0.2) is 0 Å². The van der Waals surface area contributed by atoms with Crippen molar-refractivity contribution in [2.45, 2.75) is 0 Å². The molecule has 2 radical (unpaired) electrons. The van der Waals surface area contributed by atoms with Crippen molar-refractivity contribution in [3.8, 4) is 0 Å². The second kappa shape index (κ2) is 24.5. The van der Waals surface area contributed by atoms with Gasteiger partial charge in [-0.3, -0.25) is 4.79 Å². The minimum absolute atomic E-state index is 0. The van der Waals surface area contributed by atoms with Crippen LogP contribution in [0.2, 0.25) is 0 Å². The van der Waals surface area contributed by atoms with Gasteiger partial charge in [0.1, 0.15) is 0 Å².